The van der Waals surface area contributed by atoms with Crippen molar-refractivity contribution in [1.29, 1.82) is 0 Å². The number of nitrogens with zero attached hydrogens (tertiary/aromatic N) is 2. The largest absolute Gasteiger partial charge is 0.494 e. The summed E-state index contributed by atoms with van der Waals surface area (Å²) in [4.78, 5) is 20.7. The summed E-state index contributed by atoms with van der Waals surface area (Å²) in [6.45, 7) is 2.40. The van der Waals surface area contributed by atoms with E-state index in [0.717, 1.165) is 38.1 Å². The minimum absolute atomic E-state index is 0.00161. The fourth-order valence-corrected chi connectivity index (χ4v) is 4.27. The van der Waals surface area contributed by atoms with Gasteiger partial charge in [0, 0.05) is 27.6 Å². The van der Waals surface area contributed by atoms with Crippen molar-refractivity contribution in [2.75, 3.05) is 13.7 Å². The van der Waals surface area contributed by atoms with Crippen molar-refractivity contribution in [2.45, 2.75) is 38.1 Å². The van der Waals surface area contributed by atoms with E-state index < -0.39 is 64.3 Å². The molecule has 2 aromatic heterocycles. The van der Waals surface area contributed by atoms with E-state index in [1.54, 1.807) is 0 Å². The van der Waals surface area contributed by atoms with Crippen molar-refractivity contribution in [3.05, 3.63) is 88.5 Å². The van der Waals surface area contributed by atoms with Gasteiger partial charge >= 0.3 is 6.11 Å². The molecule has 1 atom stereocenters. The highest BCUT2D eigenvalue weighted by Gasteiger charge is 2.55. The number of carbonyl (C=O) groups excluding carboxylic acids is 1. The first-order valence-corrected chi connectivity index (χ1v) is 12.4. The summed E-state index contributed by atoms with van der Waals surface area (Å²) < 4.78 is 77.5. The summed E-state index contributed by atoms with van der Waals surface area (Å²) in [6, 6.07) is 8.63. The number of aromatic nitrogens is 2. The van der Waals surface area contributed by atoms with Crippen LogP contribution >= 0.6 is 0 Å². The molecule has 0 radical (unpaired) electrons. The number of hydrogen-bond donors (Lipinski definition) is 4. The molecule has 4 aromatic rings. The number of halogens is 5. The molecular weight excluding hydrogens is 565 g/mol. The minimum Gasteiger partial charge on any atom is -0.494 e. The summed E-state index contributed by atoms with van der Waals surface area (Å²) in [7, 11) is 1.25. The molecule has 1 amide bonds. The zero-order chi connectivity index (χ0) is 31.2. The maximum atomic E-state index is 15.4. The van der Waals surface area contributed by atoms with E-state index in [1.807, 2.05) is 0 Å². The Hall–Kier alpha value is -4.20. The van der Waals surface area contributed by atoms with Gasteiger partial charge in [-0.3, -0.25) is 4.79 Å². The fraction of sp³-hybridized carbons (Fsp3) is 0.276. The van der Waals surface area contributed by atoms with E-state index in [4.69, 9.17) is 4.74 Å². The lowest BCUT2D eigenvalue weighted by atomic mass is 9.89. The lowest BCUT2D eigenvalue weighted by Gasteiger charge is -2.33. The number of methoxy groups -OCH3 is 1. The van der Waals surface area contributed by atoms with Crippen molar-refractivity contribution in [3.8, 4) is 17.0 Å². The van der Waals surface area contributed by atoms with Crippen LogP contribution in [0.3, 0.4) is 0 Å². The molecule has 0 fully saturated rings. The van der Waals surface area contributed by atoms with Gasteiger partial charge in [0.2, 0.25) is 11.5 Å². The summed E-state index contributed by atoms with van der Waals surface area (Å²) in [5.41, 5.74) is -7.81. The molecule has 0 aliphatic carbocycles. The molecule has 0 aliphatic heterocycles. The van der Waals surface area contributed by atoms with Crippen LogP contribution in [0.4, 0.5) is 22.0 Å². The van der Waals surface area contributed by atoms with Crippen LogP contribution in [0.25, 0.3) is 22.2 Å². The third-order valence-corrected chi connectivity index (χ3v) is 6.65. The molecule has 13 heteroatoms. The summed E-state index contributed by atoms with van der Waals surface area (Å²) in [5.74, 6) is -3.60. The number of fused-ring (bicyclic) bond motifs is 1. The van der Waals surface area contributed by atoms with Gasteiger partial charge < -0.3 is 25.4 Å². The second-order valence-electron chi connectivity index (χ2n) is 10.2. The monoisotopic (exact) mass is 591 g/mol. The first-order valence-electron chi connectivity index (χ1n) is 12.4. The van der Waals surface area contributed by atoms with E-state index >= 15 is 4.39 Å². The smallest absolute Gasteiger partial charge is 0.389 e. The number of aryl methyl sites for hydroxylation is 1. The summed E-state index contributed by atoms with van der Waals surface area (Å²) in [6.07, 6.45) is -4.96. The molecular formula is C29H26F5N3O5. The van der Waals surface area contributed by atoms with Gasteiger partial charge in [-0.15, -0.1) is 0 Å². The Morgan fingerprint density at radius 3 is 2.19 bits per heavy atom. The summed E-state index contributed by atoms with van der Waals surface area (Å²) >= 11 is 0. The van der Waals surface area contributed by atoms with Gasteiger partial charge in [0.15, 0.2) is 5.82 Å². The molecule has 0 aliphatic rings. The molecule has 4 rings (SSSR count). The standard InChI is InChI=1S/C29H26F5N3O5/c1-14-9-16-10-17(11-20(42-4)23(16)37-25(14)32)26(38)35-13-28(40,29(33,34)41)21-12-19(27(2,3)39)22(31)24(36-21)15-5-7-18(30)8-6-15/h5-12,39-41H,13H2,1-4H3,(H,35,38). The second kappa shape index (κ2) is 10.9. The Morgan fingerprint density at radius 2 is 1.62 bits per heavy atom. The van der Waals surface area contributed by atoms with E-state index in [-0.39, 0.29) is 28.0 Å². The number of rotatable bonds is 8. The topological polar surface area (TPSA) is 125 Å². The zero-order valence-electron chi connectivity index (χ0n) is 22.8. The van der Waals surface area contributed by atoms with Crippen LogP contribution in [0.2, 0.25) is 0 Å². The van der Waals surface area contributed by atoms with Gasteiger partial charge in [-0.05, 0) is 69.3 Å². The number of pyridine rings is 2. The van der Waals surface area contributed by atoms with Crippen molar-refractivity contribution in [2.24, 2.45) is 0 Å². The Bertz CT molecular complexity index is 1670. The lowest BCUT2D eigenvalue weighted by Crippen LogP contribution is -2.53. The Balaban J connectivity index is 1.79. The normalized spacial score (nSPS) is 13.6. The molecule has 0 spiro atoms. The molecule has 0 saturated carbocycles. The van der Waals surface area contributed by atoms with E-state index in [2.05, 4.69) is 15.3 Å². The molecule has 222 valence electrons. The predicted octanol–water partition coefficient (Wildman–Crippen LogP) is 4.46. The third kappa shape index (κ3) is 5.75. The highest BCUT2D eigenvalue weighted by Crippen LogP contribution is 2.39. The van der Waals surface area contributed by atoms with Gasteiger partial charge in [-0.1, -0.05) is 0 Å². The number of benzene rings is 2. The number of carbonyl (C=O) groups is 1. The van der Waals surface area contributed by atoms with Crippen LogP contribution in [0, 0.1) is 24.5 Å². The SMILES string of the molecule is COc1cc(C(=O)NCC(O)(c2cc(C(C)(C)O)c(F)c(-c3ccc(F)cc3)n2)C(O)(F)F)cc2cc(C)c(F)nc12. The summed E-state index contributed by atoms with van der Waals surface area (Å²) in [5, 5.41) is 33.8. The number of aliphatic hydroxyl groups is 3. The molecule has 1 unspecified atom stereocenters. The molecule has 8 nitrogen and oxygen atoms in total. The number of hydrogen-bond acceptors (Lipinski definition) is 7. The average molecular weight is 592 g/mol. The predicted molar refractivity (Wildman–Crippen MR) is 141 cm³/mol. The molecule has 2 aromatic carbocycles. The maximum absolute atomic E-state index is 15.4. The van der Waals surface area contributed by atoms with Crippen molar-refractivity contribution in [1.82, 2.24) is 15.3 Å². The highest BCUT2D eigenvalue weighted by molar-refractivity contribution is 6.00. The van der Waals surface area contributed by atoms with Crippen molar-refractivity contribution < 1.29 is 46.8 Å². The molecule has 0 saturated heterocycles. The van der Waals surface area contributed by atoms with Gasteiger partial charge in [0.1, 0.15) is 22.8 Å². The van der Waals surface area contributed by atoms with Crippen LogP contribution in [0.1, 0.15) is 41.0 Å². The van der Waals surface area contributed by atoms with Crippen LogP contribution in [-0.2, 0) is 11.2 Å². The highest BCUT2D eigenvalue weighted by atomic mass is 19.3. The van der Waals surface area contributed by atoms with Crippen LogP contribution in [0.5, 0.6) is 5.75 Å². The minimum atomic E-state index is -4.96. The molecule has 4 N–H and O–H groups in total. The maximum Gasteiger partial charge on any atom is 0.389 e. The zero-order valence-corrected chi connectivity index (χ0v) is 22.8. The lowest BCUT2D eigenvalue weighted by molar-refractivity contribution is -0.311. The van der Waals surface area contributed by atoms with E-state index in [1.165, 1.54) is 32.2 Å². The quantitative estimate of drug-likeness (QED) is 0.176. The van der Waals surface area contributed by atoms with Crippen LogP contribution < -0.4 is 10.1 Å². The first kappa shape index (κ1) is 30.8. The van der Waals surface area contributed by atoms with E-state index in [0.29, 0.717) is 11.5 Å². The molecule has 42 heavy (non-hydrogen) atoms. The number of alkyl halides is 2. The van der Waals surface area contributed by atoms with Crippen LogP contribution in [-0.4, -0.2) is 51.0 Å². The Labute approximate surface area is 236 Å². The molecule has 2 heterocycles. The van der Waals surface area contributed by atoms with Gasteiger partial charge in [0.25, 0.3) is 5.91 Å². The van der Waals surface area contributed by atoms with Crippen molar-refractivity contribution >= 4 is 16.8 Å². The van der Waals surface area contributed by atoms with E-state index in [9.17, 15) is 37.7 Å². The average Bonchev–Trinajstić information content (AvgIpc) is 2.91. The van der Waals surface area contributed by atoms with Crippen molar-refractivity contribution in [3.63, 3.8) is 0 Å². The number of ether oxygens (including phenoxy) is 1. The van der Waals surface area contributed by atoms with Gasteiger partial charge in [0.05, 0.1) is 24.9 Å². The fourth-order valence-electron chi connectivity index (χ4n) is 4.27. The molecule has 0 bridgehead atoms. The Morgan fingerprint density at radius 1 is 0.976 bits per heavy atom. The second-order valence-corrected chi connectivity index (χ2v) is 10.2. The first-order chi connectivity index (χ1) is 19.5. The van der Waals surface area contributed by atoms with Gasteiger partial charge in [-0.2, -0.15) is 13.2 Å². The third-order valence-electron chi connectivity index (χ3n) is 6.65. The number of amides is 1. The number of nitrogens with one attached hydrogen (secondary N) is 1. The Kier molecular flexibility index (Phi) is 7.98. The van der Waals surface area contributed by atoms with Gasteiger partial charge in [-0.25, -0.2) is 18.7 Å². The van der Waals surface area contributed by atoms with Crippen LogP contribution in [0.15, 0.2) is 48.5 Å².